The van der Waals surface area contributed by atoms with E-state index in [0.717, 1.165) is 48.4 Å². The third-order valence-electron chi connectivity index (χ3n) is 3.77. The summed E-state index contributed by atoms with van der Waals surface area (Å²) in [6, 6.07) is 9.98. The molecule has 0 amide bonds. The highest BCUT2D eigenvalue weighted by molar-refractivity contribution is 5.38. The summed E-state index contributed by atoms with van der Waals surface area (Å²) in [4.78, 5) is 10.8. The van der Waals surface area contributed by atoms with E-state index < -0.39 is 0 Å². The molecule has 3 rings (SSSR count). The summed E-state index contributed by atoms with van der Waals surface area (Å²) in [5, 5.41) is 9.18. The Bertz CT molecular complexity index is 679. The number of methoxy groups -OCH3 is 1. The standard InChI is InChI=1S/C16H16N4O/c1-21-16-14-10-20(7-6-15(14)18-11-19-16)9-13-5-3-2-4-12(13)8-17/h2-5,11H,6-7,9-10H2,1H3. The highest BCUT2D eigenvalue weighted by Crippen LogP contribution is 2.25. The van der Waals surface area contributed by atoms with Crippen molar-refractivity contribution in [1.82, 2.24) is 14.9 Å². The highest BCUT2D eigenvalue weighted by Gasteiger charge is 2.22. The minimum atomic E-state index is 0.651. The summed E-state index contributed by atoms with van der Waals surface area (Å²) in [7, 11) is 1.63. The van der Waals surface area contributed by atoms with Gasteiger partial charge in [0.05, 0.1) is 24.4 Å². The molecule has 1 aliphatic rings. The molecule has 5 nitrogen and oxygen atoms in total. The van der Waals surface area contributed by atoms with Crippen molar-refractivity contribution in [1.29, 1.82) is 5.26 Å². The van der Waals surface area contributed by atoms with Gasteiger partial charge in [-0.3, -0.25) is 4.90 Å². The van der Waals surface area contributed by atoms with Gasteiger partial charge in [-0.05, 0) is 11.6 Å². The van der Waals surface area contributed by atoms with Crippen molar-refractivity contribution >= 4 is 0 Å². The largest absolute Gasteiger partial charge is 0.481 e. The van der Waals surface area contributed by atoms with Gasteiger partial charge >= 0.3 is 0 Å². The van der Waals surface area contributed by atoms with E-state index in [1.165, 1.54) is 0 Å². The van der Waals surface area contributed by atoms with E-state index in [1.807, 2.05) is 24.3 Å². The van der Waals surface area contributed by atoms with Crippen LogP contribution in [0.3, 0.4) is 0 Å². The van der Waals surface area contributed by atoms with Gasteiger partial charge in [0.1, 0.15) is 6.33 Å². The molecule has 2 aromatic rings. The number of nitriles is 1. The molecule has 1 aromatic carbocycles. The summed E-state index contributed by atoms with van der Waals surface area (Å²) < 4.78 is 5.33. The molecule has 106 valence electrons. The quantitative estimate of drug-likeness (QED) is 0.859. The minimum absolute atomic E-state index is 0.651. The maximum Gasteiger partial charge on any atom is 0.220 e. The predicted molar refractivity (Wildman–Crippen MR) is 77.6 cm³/mol. The van der Waals surface area contributed by atoms with Crippen LogP contribution in [0.2, 0.25) is 0 Å². The molecule has 0 aliphatic carbocycles. The molecule has 1 aliphatic heterocycles. The average Bonchev–Trinajstić information content (AvgIpc) is 2.54. The fourth-order valence-electron chi connectivity index (χ4n) is 2.69. The van der Waals surface area contributed by atoms with Crippen molar-refractivity contribution in [2.75, 3.05) is 13.7 Å². The molecular formula is C16H16N4O. The fraction of sp³-hybridized carbons (Fsp3) is 0.312. The van der Waals surface area contributed by atoms with Crippen molar-refractivity contribution < 1.29 is 4.74 Å². The van der Waals surface area contributed by atoms with Gasteiger partial charge in [-0.15, -0.1) is 0 Å². The first-order valence-electron chi connectivity index (χ1n) is 6.89. The van der Waals surface area contributed by atoms with Gasteiger partial charge in [0, 0.05) is 31.6 Å². The lowest BCUT2D eigenvalue weighted by atomic mass is 10.0. The fourth-order valence-corrected chi connectivity index (χ4v) is 2.69. The van der Waals surface area contributed by atoms with Gasteiger partial charge in [0.25, 0.3) is 0 Å². The van der Waals surface area contributed by atoms with E-state index in [0.29, 0.717) is 5.88 Å². The van der Waals surface area contributed by atoms with E-state index in [4.69, 9.17) is 4.74 Å². The van der Waals surface area contributed by atoms with Crippen LogP contribution in [0.15, 0.2) is 30.6 Å². The van der Waals surface area contributed by atoms with Crippen LogP contribution in [0.25, 0.3) is 0 Å². The average molecular weight is 280 g/mol. The monoisotopic (exact) mass is 280 g/mol. The summed E-state index contributed by atoms with van der Waals surface area (Å²) in [5.74, 6) is 0.651. The molecule has 0 fully saturated rings. The number of rotatable bonds is 3. The third kappa shape index (κ3) is 2.71. The Kier molecular flexibility index (Phi) is 3.80. The van der Waals surface area contributed by atoms with Crippen LogP contribution in [0.5, 0.6) is 5.88 Å². The summed E-state index contributed by atoms with van der Waals surface area (Å²) in [6.45, 7) is 2.42. The molecule has 0 spiro atoms. The van der Waals surface area contributed by atoms with Crippen molar-refractivity contribution in [3.63, 3.8) is 0 Å². The summed E-state index contributed by atoms with van der Waals surface area (Å²) >= 11 is 0. The zero-order valence-corrected chi connectivity index (χ0v) is 11.9. The van der Waals surface area contributed by atoms with Crippen LogP contribution in [0.1, 0.15) is 22.4 Å². The van der Waals surface area contributed by atoms with Crippen LogP contribution in [-0.4, -0.2) is 28.5 Å². The van der Waals surface area contributed by atoms with Crippen molar-refractivity contribution in [3.8, 4) is 11.9 Å². The van der Waals surface area contributed by atoms with Crippen molar-refractivity contribution in [2.45, 2.75) is 19.5 Å². The van der Waals surface area contributed by atoms with E-state index in [-0.39, 0.29) is 0 Å². The molecule has 0 saturated heterocycles. The molecule has 0 radical (unpaired) electrons. The van der Waals surface area contributed by atoms with Gasteiger partial charge in [0.15, 0.2) is 0 Å². The Morgan fingerprint density at radius 2 is 2.19 bits per heavy atom. The Labute approximate surface area is 123 Å². The van der Waals surface area contributed by atoms with Crippen LogP contribution in [-0.2, 0) is 19.5 Å². The number of benzene rings is 1. The zero-order chi connectivity index (χ0) is 14.7. The maximum atomic E-state index is 9.18. The van der Waals surface area contributed by atoms with E-state index >= 15 is 0 Å². The number of hydrogen-bond acceptors (Lipinski definition) is 5. The Balaban J connectivity index is 1.82. The first kappa shape index (κ1) is 13.5. The molecule has 21 heavy (non-hydrogen) atoms. The van der Waals surface area contributed by atoms with Crippen LogP contribution in [0, 0.1) is 11.3 Å². The molecule has 2 heterocycles. The summed E-state index contributed by atoms with van der Waals surface area (Å²) in [5.41, 5.74) is 3.91. The van der Waals surface area contributed by atoms with Gasteiger partial charge < -0.3 is 4.74 Å². The number of aromatic nitrogens is 2. The lowest BCUT2D eigenvalue weighted by Crippen LogP contribution is -2.31. The molecule has 5 heteroatoms. The topological polar surface area (TPSA) is 62.0 Å². The van der Waals surface area contributed by atoms with Crippen LogP contribution in [0.4, 0.5) is 0 Å². The number of hydrogen-bond donors (Lipinski definition) is 0. The maximum absolute atomic E-state index is 9.18. The number of fused-ring (bicyclic) bond motifs is 1. The van der Waals surface area contributed by atoms with Gasteiger partial charge in [-0.2, -0.15) is 5.26 Å². The Morgan fingerprint density at radius 3 is 3.00 bits per heavy atom. The van der Waals surface area contributed by atoms with Crippen LogP contribution < -0.4 is 4.74 Å². The third-order valence-corrected chi connectivity index (χ3v) is 3.77. The SMILES string of the molecule is COc1ncnc2c1CN(Cc1ccccc1C#N)CC2. The van der Waals surface area contributed by atoms with E-state index in [1.54, 1.807) is 13.4 Å². The van der Waals surface area contributed by atoms with Crippen LogP contribution >= 0.6 is 0 Å². The Hall–Kier alpha value is -2.45. The lowest BCUT2D eigenvalue weighted by Gasteiger charge is -2.28. The van der Waals surface area contributed by atoms with Crippen molar-refractivity contribution in [3.05, 3.63) is 53.0 Å². The van der Waals surface area contributed by atoms with E-state index in [2.05, 4.69) is 20.9 Å². The molecule has 0 bridgehead atoms. The lowest BCUT2D eigenvalue weighted by molar-refractivity contribution is 0.236. The first-order chi connectivity index (χ1) is 10.3. The smallest absolute Gasteiger partial charge is 0.220 e. The second kappa shape index (κ2) is 5.90. The highest BCUT2D eigenvalue weighted by atomic mass is 16.5. The van der Waals surface area contributed by atoms with E-state index in [9.17, 15) is 5.26 Å². The molecule has 0 N–H and O–H groups in total. The molecule has 0 atom stereocenters. The van der Waals surface area contributed by atoms with Gasteiger partial charge in [-0.25, -0.2) is 9.97 Å². The Morgan fingerprint density at radius 1 is 1.33 bits per heavy atom. The second-order valence-corrected chi connectivity index (χ2v) is 5.04. The first-order valence-corrected chi connectivity index (χ1v) is 6.89. The van der Waals surface area contributed by atoms with Gasteiger partial charge in [0.2, 0.25) is 5.88 Å². The van der Waals surface area contributed by atoms with Gasteiger partial charge in [-0.1, -0.05) is 18.2 Å². The molecule has 1 aromatic heterocycles. The molecule has 0 unspecified atom stereocenters. The zero-order valence-electron chi connectivity index (χ0n) is 11.9. The van der Waals surface area contributed by atoms with Crippen molar-refractivity contribution in [2.24, 2.45) is 0 Å². The molecular weight excluding hydrogens is 264 g/mol. The number of ether oxygens (including phenoxy) is 1. The minimum Gasteiger partial charge on any atom is -0.481 e. The predicted octanol–water partition coefficient (Wildman–Crippen LogP) is 1.92. The summed E-state index contributed by atoms with van der Waals surface area (Å²) in [6.07, 6.45) is 2.43. The normalized spacial score (nSPS) is 14.3. The molecule has 0 saturated carbocycles. The number of nitrogens with zero attached hydrogens (tertiary/aromatic N) is 4. The second-order valence-electron chi connectivity index (χ2n) is 5.04.